The summed E-state index contributed by atoms with van der Waals surface area (Å²) in [6.07, 6.45) is 2.98. The van der Waals surface area contributed by atoms with Gasteiger partial charge in [0, 0.05) is 39.3 Å². The third-order valence-corrected chi connectivity index (χ3v) is 8.31. The molecule has 0 spiro atoms. The highest BCUT2D eigenvalue weighted by atomic mass is 32.2. The van der Waals surface area contributed by atoms with Gasteiger partial charge in [0.15, 0.2) is 0 Å². The standard InChI is InChI=1S/C31H37N3O5S/c1-39-22-8-21-32-31(36)30(26-11-6-3-7-12-26)34(23-25-9-4-2-5-10-25)29(35)20-15-24-13-18-28(19-14-24)40(37,38)33-27-16-17-27/h2-7,9-14,18-19,27,30,33H,8,15-17,20-23H2,1H3,(H,32,36). The lowest BCUT2D eigenvalue weighted by atomic mass is 10.0. The van der Waals surface area contributed by atoms with Gasteiger partial charge in [-0.25, -0.2) is 13.1 Å². The lowest BCUT2D eigenvalue weighted by Crippen LogP contribution is -2.43. The number of hydrogen-bond acceptors (Lipinski definition) is 5. The van der Waals surface area contributed by atoms with Crippen molar-refractivity contribution in [3.63, 3.8) is 0 Å². The Kier molecular flexibility index (Phi) is 10.5. The predicted molar refractivity (Wildman–Crippen MR) is 154 cm³/mol. The summed E-state index contributed by atoms with van der Waals surface area (Å²) in [7, 11) is -1.92. The zero-order chi connectivity index (χ0) is 28.4. The molecule has 0 bridgehead atoms. The minimum atomic E-state index is -3.53. The van der Waals surface area contributed by atoms with Crippen molar-refractivity contribution in [2.45, 2.75) is 55.6 Å². The molecule has 3 aromatic carbocycles. The van der Waals surface area contributed by atoms with Gasteiger partial charge in [-0.1, -0.05) is 72.8 Å². The molecule has 0 heterocycles. The fourth-order valence-corrected chi connectivity index (χ4v) is 5.76. The molecule has 0 aromatic heterocycles. The Labute approximate surface area is 236 Å². The van der Waals surface area contributed by atoms with Crippen LogP contribution in [0.15, 0.2) is 89.8 Å². The van der Waals surface area contributed by atoms with Gasteiger partial charge < -0.3 is 15.0 Å². The summed E-state index contributed by atoms with van der Waals surface area (Å²) in [4.78, 5) is 29.2. The SMILES string of the molecule is COCCCNC(=O)C(c1ccccc1)N(Cc1ccccc1)C(=O)CCc1ccc(S(=O)(=O)NC2CC2)cc1. The first-order valence-corrected chi connectivity index (χ1v) is 15.1. The number of sulfonamides is 1. The number of benzene rings is 3. The molecule has 1 atom stereocenters. The van der Waals surface area contributed by atoms with Gasteiger partial charge in [-0.3, -0.25) is 9.59 Å². The molecule has 1 fully saturated rings. The molecule has 8 nitrogen and oxygen atoms in total. The molecule has 0 aliphatic heterocycles. The highest BCUT2D eigenvalue weighted by Gasteiger charge is 2.31. The number of carbonyl (C=O) groups excluding carboxylic acids is 2. The molecule has 212 valence electrons. The van der Waals surface area contributed by atoms with Crippen LogP contribution in [-0.2, 0) is 37.3 Å². The van der Waals surface area contributed by atoms with Crippen molar-refractivity contribution in [3.8, 4) is 0 Å². The van der Waals surface area contributed by atoms with E-state index in [-0.39, 0.29) is 35.7 Å². The number of ether oxygens (including phenoxy) is 1. The molecule has 4 rings (SSSR count). The maximum Gasteiger partial charge on any atom is 0.247 e. The number of nitrogens with one attached hydrogen (secondary N) is 2. The van der Waals surface area contributed by atoms with E-state index in [2.05, 4.69) is 10.0 Å². The zero-order valence-corrected chi connectivity index (χ0v) is 23.6. The summed E-state index contributed by atoms with van der Waals surface area (Å²) in [6, 6.07) is 24.8. The maximum atomic E-state index is 13.8. The molecule has 1 unspecified atom stereocenters. The summed E-state index contributed by atoms with van der Waals surface area (Å²) < 4.78 is 32.8. The second-order valence-corrected chi connectivity index (χ2v) is 11.7. The van der Waals surface area contributed by atoms with Gasteiger partial charge in [-0.05, 0) is 54.5 Å². The van der Waals surface area contributed by atoms with Crippen LogP contribution in [0.25, 0.3) is 0 Å². The van der Waals surface area contributed by atoms with Crippen molar-refractivity contribution in [3.05, 3.63) is 102 Å². The van der Waals surface area contributed by atoms with E-state index in [0.29, 0.717) is 26.0 Å². The summed E-state index contributed by atoms with van der Waals surface area (Å²) in [5.74, 6) is -0.416. The van der Waals surface area contributed by atoms with Crippen molar-refractivity contribution >= 4 is 21.8 Å². The Morgan fingerprint density at radius 2 is 1.57 bits per heavy atom. The van der Waals surface area contributed by atoms with Crippen LogP contribution < -0.4 is 10.0 Å². The molecular weight excluding hydrogens is 526 g/mol. The van der Waals surface area contributed by atoms with Gasteiger partial charge in [0.25, 0.3) is 0 Å². The molecule has 2 amide bonds. The molecule has 1 aliphatic carbocycles. The number of amides is 2. The first kappa shape index (κ1) is 29.5. The first-order chi connectivity index (χ1) is 19.4. The summed E-state index contributed by atoms with van der Waals surface area (Å²) in [6.45, 7) is 1.24. The molecule has 9 heteroatoms. The molecule has 3 aromatic rings. The van der Waals surface area contributed by atoms with Crippen LogP contribution in [0.5, 0.6) is 0 Å². The van der Waals surface area contributed by atoms with E-state index in [1.165, 1.54) is 0 Å². The monoisotopic (exact) mass is 563 g/mol. The molecular formula is C31H37N3O5S. The van der Waals surface area contributed by atoms with Crippen LogP contribution in [-0.4, -0.2) is 51.4 Å². The van der Waals surface area contributed by atoms with Crippen LogP contribution in [0.1, 0.15) is 48.4 Å². The Hall–Kier alpha value is -3.53. The van der Waals surface area contributed by atoms with Crippen molar-refractivity contribution in [2.75, 3.05) is 20.3 Å². The summed E-state index contributed by atoms with van der Waals surface area (Å²) >= 11 is 0. The van der Waals surface area contributed by atoms with Crippen molar-refractivity contribution in [1.29, 1.82) is 0 Å². The minimum absolute atomic E-state index is 0.0348. The van der Waals surface area contributed by atoms with Crippen LogP contribution in [0.4, 0.5) is 0 Å². The number of carbonyl (C=O) groups is 2. The highest BCUT2D eigenvalue weighted by molar-refractivity contribution is 7.89. The third-order valence-electron chi connectivity index (χ3n) is 6.78. The fourth-order valence-electron chi connectivity index (χ4n) is 4.46. The highest BCUT2D eigenvalue weighted by Crippen LogP contribution is 2.26. The van der Waals surface area contributed by atoms with Crippen LogP contribution >= 0.6 is 0 Å². The number of rotatable bonds is 15. The fraction of sp³-hybridized carbons (Fsp3) is 0.355. The maximum absolute atomic E-state index is 13.8. The zero-order valence-electron chi connectivity index (χ0n) is 22.8. The molecule has 0 radical (unpaired) electrons. The molecule has 40 heavy (non-hydrogen) atoms. The van der Waals surface area contributed by atoms with Crippen LogP contribution in [0.3, 0.4) is 0 Å². The van der Waals surface area contributed by atoms with E-state index >= 15 is 0 Å². The lowest BCUT2D eigenvalue weighted by molar-refractivity contribution is -0.141. The topological polar surface area (TPSA) is 105 Å². The third kappa shape index (κ3) is 8.48. The molecule has 1 aliphatic rings. The van der Waals surface area contributed by atoms with Crippen molar-refractivity contribution in [1.82, 2.24) is 14.9 Å². The van der Waals surface area contributed by atoms with E-state index in [4.69, 9.17) is 4.74 Å². The average Bonchev–Trinajstić information content (AvgIpc) is 3.78. The second kappa shape index (κ2) is 14.2. The molecule has 2 N–H and O–H groups in total. The van der Waals surface area contributed by atoms with Crippen molar-refractivity contribution < 1.29 is 22.7 Å². The smallest absolute Gasteiger partial charge is 0.247 e. The van der Waals surface area contributed by atoms with Gasteiger partial charge in [-0.15, -0.1) is 0 Å². The number of methoxy groups -OCH3 is 1. The molecule has 1 saturated carbocycles. The Morgan fingerprint density at radius 1 is 0.925 bits per heavy atom. The Bertz CT molecular complexity index is 1340. The number of aryl methyl sites for hydroxylation is 1. The Balaban J connectivity index is 1.52. The number of nitrogens with zero attached hydrogens (tertiary/aromatic N) is 1. The Morgan fingerprint density at radius 3 is 2.20 bits per heavy atom. The predicted octanol–water partition coefficient (Wildman–Crippen LogP) is 3.98. The van der Waals surface area contributed by atoms with Gasteiger partial charge >= 0.3 is 0 Å². The van der Waals surface area contributed by atoms with E-state index in [0.717, 1.165) is 29.5 Å². The van der Waals surface area contributed by atoms with Gasteiger partial charge in [0.05, 0.1) is 4.90 Å². The summed E-state index contributed by atoms with van der Waals surface area (Å²) in [5.41, 5.74) is 2.49. The van der Waals surface area contributed by atoms with E-state index in [1.54, 1.807) is 36.3 Å². The average molecular weight is 564 g/mol. The normalized spacial score (nSPS) is 13.9. The van der Waals surface area contributed by atoms with Gasteiger partial charge in [0.1, 0.15) is 6.04 Å². The number of hydrogen-bond donors (Lipinski definition) is 2. The largest absolute Gasteiger partial charge is 0.385 e. The quantitative estimate of drug-likeness (QED) is 0.272. The van der Waals surface area contributed by atoms with Crippen LogP contribution in [0.2, 0.25) is 0 Å². The minimum Gasteiger partial charge on any atom is -0.385 e. The van der Waals surface area contributed by atoms with Gasteiger partial charge in [-0.2, -0.15) is 0 Å². The van der Waals surface area contributed by atoms with E-state index < -0.39 is 16.1 Å². The lowest BCUT2D eigenvalue weighted by Gasteiger charge is -2.32. The van der Waals surface area contributed by atoms with Crippen molar-refractivity contribution in [2.24, 2.45) is 0 Å². The second-order valence-electron chi connectivity index (χ2n) is 10.00. The van der Waals surface area contributed by atoms with E-state index in [9.17, 15) is 18.0 Å². The molecule has 0 saturated heterocycles. The summed E-state index contributed by atoms with van der Waals surface area (Å²) in [5, 5.41) is 2.97. The van der Waals surface area contributed by atoms with E-state index in [1.807, 2.05) is 60.7 Å². The first-order valence-electron chi connectivity index (χ1n) is 13.6. The van der Waals surface area contributed by atoms with Gasteiger partial charge in [0.2, 0.25) is 21.8 Å². The van der Waals surface area contributed by atoms with Crippen LogP contribution in [0, 0.1) is 0 Å².